The molecular weight excluding hydrogens is 386 g/mol. The van der Waals surface area contributed by atoms with Crippen molar-refractivity contribution in [1.29, 1.82) is 0 Å². The SMILES string of the molecule is Cc1cc(Br)cc(C(=O)O)c1N(C)S(=O)(=O)c1ccc(O)cc1. The van der Waals surface area contributed by atoms with Crippen LogP contribution >= 0.6 is 15.9 Å². The molecular formula is C15H14BrNO5S. The van der Waals surface area contributed by atoms with Gasteiger partial charge in [-0.2, -0.15) is 0 Å². The minimum absolute atomic E-state index is 0.0449. The first-order valence-corrected chi connectivity index (χ1v) is 8.69. The molecule has 0 saturated heterocycles. The zero-order valence-electron chi connectivity index (χ0n) is 12.3. The van der Waals surface area contributed by atoms with Crippen LogP contribution in [0.25, 0.3) is 0 Å². The number of sulfonamides is 1. The molecule has 0 fully saturated rings. The van der Waals surface area contributed by atoms with E-state index in [1.54, 1.807) is 13.0 Å². The highest BCUT2D eigenvalue weighted by Crippen LogP contribution is 2.32. The number of hydrogen-bond acceptors (Lipinski definition) is 4. The van der Waals surface area contributed by atoms with Crippen molar-refractivity contribution in [3.8, 4) is 5.75 Å². The molecule has 6 nitrogen and oxygen atoms in total. The van der Waals surface area contributed by atoms with Crippen molar-refractivity contribution in [3.05, 3.63) is 52.0 Å². The molecule has 23 heavy (non-hydrogen) atoms. The molecule has 0 aliphatic heterocycles. The summed E-state index contributed by atoms with van der Waals surface area (Å²) >= 11 is 3.21. The minimum Gasteiger partial charge on any atom is -0.508 e. The third-order valence-electron chi connectivity index (χ3n) is 3.31. The highest BCUT2D eigenvalue weighted by molar-refractivity contribution is 9.10. The van der Waals surface area contributed by atoms with Crippen molar-refractivity contribution in [2.75, 3.05) is 11.4 Å². The summed E-state index contributed by atoms with van der Waals surface area (Å²) in [5.74, 6) is -1.28. The fourth-order valence-electron chi connectivity index (χ4n) is 2.21. The monoisotopic (exact) mass is 399 g/mol. The number of carboxylic acid groups (broad SMARTS) is 1. The van der Waals surface area contributed by atoms with E-state index in [1.807, 2.05) is 0 Å². The molecule has 2 rings (SSSR count). The molecule has 0 saturated carbocycles. The van der Waals surface area contributed by atoms with Gasteiger partial charge in [0.1, 0.15) is 5.75 Å². The average Bonchev–Trinajstić information content (AvgIpc) is 2.46. The van der Waals surface area contributed by atoms with Crippen molar-refractivity contribution in [3.63, 3.8) is 0 Å². The largest absolute Gasteiger partial charge is 0.508 e. The summed E-state index contributed by atoms with van der Waals surface area (Å²) in [6.45, 7) is 1.63. The number of carbonyl (C=O) groups is 1. The Bertz CT molecular complexity index is 862. The Morgan fingerprint density at radius 3 is 2.26 bits per heavy atom. The number of phenols is 1. The zero-order chi connectivity index (χ0) is 17.4. The summed E-state index contributed by atoms with van der Waals surface area (Å²) in [6, 6.07) is 8.03. The molecule has 0 amide bonds. The van der Waals surface area contributed by atoms with Gasteiger partial charge in [0.15, 0.2) is 0 Å². The number of carboxylic acids is 1. The second kappa shape index (κ2) is 6.21. The zero-order valence-corrected chi connectivity index (χ0v) is 14.7. The topological polar surface area (TPSA) is 94.9 Å². The fourth-order valence-corrected chi connectivity index (χ4v) is 4.06. The highest BCUT2D eigenvalue weighted by atomic mass is 79.9. The minimum atomic E-state index is -3.96. The first-order chi connectivity index (χ1) is 10.6. The van der Waals surface area contributed by atoms with E-state index in [2.05, 4.69) is 15.9 Å². The van der Waals surface area contributed by atoms with E-state index < -0.39 is 16.0 Å². The molecule has 2 aromatic carbocycles. The van der Waals surface area contributed by atoms with Gasteiger partial charge in [0, 0.05) is 11.5 Å². The maximum absolute atomic E-state index is 12.7. The van der Waals surface area contributed by atoms with E-state index in [9.17, 15) is 23.4 Å². The predicted molar refractivity (Wildman–Crippen MR) is 89.5 cm³/mol. The smallest absolute Gasteiger partial charge is 0.337 e. The average molecular weight is 400 g/mol. The Labute approximate surface area is 142 Å². The van der Waals surface area contributed by atoms with Gasteiger partial charge >= 0.3 is 5.97 Å². The third-order valence-corrected chi connectivity index (χ3v) is 5.54. The second-order valence-corrected chi connectivity index (χ2v) is 7.78. The first kappa shape index (κ1) is 17.3. The molecule has 2 N–H and O–H groups in total. The summed E-state index contributed by atoms with van der Waals surface area (Å²) in [4.78, 5) is 11.4. The van der Waals surface area contributed by atoms with Crippen LogP contribution < -0.4 is 4.31 Å². The summed E-state index contributed by atoms with van der Waals surface area (Å²) in [6.07, 6.45) is 0. The van der Waals surface area contributed by atoms with Crippen LogP contribution in [0.15, 0.2) is 45.8 Å². The molecule has 0 aliphatic carbocycles. The Morgan fingerprint density at radius 2 is 1.74 bits per heavy atom. The van der Waals surface area contributed by atoms with Gasteiger partial charge in [-0.3, -0.25) is 4.31 Å². The molecule has 0 atom stereocenters. The molecule has 0 spiro atoms. The van der Waals surface area contributed by atoms with Crippen molar-refractivity contribution in [2.45, 2.75) is 11.8 Å². The van der Waals surface area contributed by atoms with E-state index in [1.165, 1.54) is 37.4 Å². The molecule has 0 heterocycles. The van der Waals surface area contributed by atoms with Gasteiger partial charge in [0.05, 0.1) is 16.1 Å². The van der Waals surface area contributed by atoms with E-state index >= 15 is 0 Å². The Morgan fingerprint density at radius 1 is 1.17 bits per heavy atom. The molecule has 2 aromatic rings. The number of hydrogen-bond donors (Lipinski definition) is 2. The number of halogens is 1. The second-order valence-electron chi connectivity index (χ2n) is 4.89. The number of aromatic hydroxyl groups is 1. The van der Waals surface area contributed by atoms with Crippen LogP contribution in [0.3, 0.4) is 0 Å². The van der Waals surface area contributed by atoms with E-state index in [4.69, 9.17) is 0 Å². The fraction of sp³-hybridized carbons (Fsp3) is 0.133. The maximum Gasteiger partial charge on any atom is 0.337 e. The van der Waals surface area contributed by atoms with Gasteiger partial charge < -0.3 is 10.2 Å². The number of anilines is 1. The quantitative estimate of drug-likeness (QED) is 0.823. The number of rotatable bonds is 4. The Hall–Kier alpha value is -2.06. The van der Waals surface area contributed by atoms with Crippen molar-refractivity contribution in [1.82, 2.24) is 0 Å². The van der Waals surface area contributed by atoms with Crippen LogP contribution in [0.4, 0.5) is 5.69 Å². The van der Waals surface area contributed by atoms with E-state index in [-0.39, 0.29) is 21.9 Å². The maximum atomic E-state index is 12.7. The van der Waals surface area contributed by atoms with Crippen LogP contribution in [0.5, 0.6) is 5.75 Å². The Balaban J connectivity index is 2.62. The van der Waals surface area contributed by atoms with Crippen molar-refractivity contribution < 1.29 is 23.4 Å². The van der Waals surface area contributed by atoms with Crippen LogP contribution in [0.1, 0.15) is 15.9 Å². The normalized spacial score (nSPS) is 11.3. The summed E-state index contributed by atoms with van der Waals surface area (Å²) in [5, 5.41) is 18.6. The predicted octanol–water partition coefficient (Wildman–Crippen LogP) is 2.99. The number of aromatic carboxylic acids is 1. The van der Waals surface area contributed by atoms with E-state index in [0.717, 1.165) is 4.31 Å². The van der Waals surface area contributed by atoms with Crippen LogP contribution in [0, 0.1) is 6.92 Å². The summed E-state index contributed by atoms with van der Waals surface area (Å²) in [7, 11) is -2.66. The lowest BCUT2D eigenvalue weighted by Gasteiger charge is -2.23. The van der Waals surface area contributed by atoms with Crippen LogP contribution in [0.2, 0.25) is 0 Å². The summed E-state index contributed by atoms with van der Waals surface area (Å²) in [5.41, 5.74) is 0.470. The van der Waals surface area contributed by atoms with Gasteiger partial charge in [-0.1, -0.05) is 15.9 Å². The molecule has 0 aromatic heterocycles. The lowest BCUT2D eigenvalue weighted by Crippen LogP contribution is -2.29. The molecule has 122 valence electrons. The van der Waals surface area contributed by atoms with Gasteiger partial charge in [-0.05, 0) is 48.9 Å². The van der Waals surface area contributed by atoms with Gasteiger partial charge in [-0.25, -0.2) is 13.2 Å². The molecule has 0 unspecified atom stereocenters. The standard InChI is InChI=1S/C15H14BrNO5S/c1-9-7-10(16)8-13(15(19)20)14(9)17(2)23(21,22)12-5-3-11(18)4-6-12/h3-8,18H,1-2H3,(H,19,20). The van der Waals surface area contributed by atoms with E-state index in [0.29, 0.717) is 10.0 Å². The third kappa shape index (κ3) is 3.32. The molecule has 8 heteroatoms. The van der Waals surface area contributed by atoms with Crippen LogP contribution in [-0.4, -0.2) is 31.6 Å². The number of aryl methyl sites for hydroxylation is 1. The summed E-state index contributed by atoms with van der Waals surface area (Å²) < 4.78 is 26.9. The van der Waals surface area contributed by atoms with Crippen molar-refractivity contribution in [2.24, 2.45) is 0 Å². The van der Waals surface area contributed by atoms with Crippen molar-refractivity contribution >= 4 is 37.6 Å². The van der Waals surface area contributed by atoms with Crippen LogP contribution in [-0.2, 0) is 10.0 Å². The lowest BCUT2D eigenvalue weighted by molar-refractivity contribution is 0.0697. The number of benzene rings is 2. The number of phenolic OH excluding ortho intramolecular Hbond substituents is 1. The molecule has 0 bridgehead atoms. The first-order valence-electron chi connectivity index (χ1n) is 6.46. The molecule has 0 aliphatic rings. The highest BCUT2D eigenvalue weighted by Gasteiger charge is 2.27. The molecule has 0 radical (unpaired) electrons. The number of nitrogens with zero attached hydrogens (tertiary/aromatic N) is 1. The Kier molecular flexibility index (Phi) is 4.67. The van der Waals surface area contributed by atoms with Gasteiger partial charge in [0.2, 0.25) is 0 Å². The van der Waals surface area contributed by atoms with Gasteiger partial charge in [0.25, 0.3) is 10.0 Å². The van der Waals surface area contributed by atoms with Gasteiger partial charge in [-0.15, -0.1) is 0 Å². The lowest BCUT2D eigenvalue weighted by atomic mass is 10.1.